The van der Waals surface area contributed by atoms with Crippen molar-refractivity contribution in [2.24, 2.45) is 0 Å². The van der Waals surface area contributed by atoms with Gasteiger partial charge in [-0.15, -0.1) is 0 Å². The summed E-state index contributed by atoms with van der Waals surface area (Å²) in [4.78, 5) is 23.2. The summed E-state index contributed by atoms with van der Waals surface area (Å²) >= 11 is 0. The molecule has 1 saturated heterocycles. The molecule has 120 valence electrons. The van der Waals surface area contributed by atoms with Gasteiger partial charge in [-0.3, -0.25) is 4.79 Å². The van der Waals surface area contributed by atoms with Gasteiger partial charge < -0.3 is 9.64 Å². The summed E-state index contributed by atoms with van der Waals surface area (Å²) in [7, 11) is 1.47. The van der Waals surface area contributed by atoms with Gasteiger partial charge in [0.1, 0.15) is 12.1 Å². The first-order valence-corrected chi connectivity index (χ1v) is 7.83. The minimum absolute atomic E-state index is 0.151. The molecule has 0 unspecified atom stereocenters. The molecule has 0 bridgehead atoms. The van der Waals surface area contributed by atoms with Crippen molar-refractivity contribution in [3.05, 3.63) is 54.0 Å². The van der Waals surface area contributed by atoms with Crippen LogP contribution in [0, 0.1) is 6.92 Å². The first-order valence-electron chi connectivity index (χ1n) is 7.83. The molecule has 0 N–H and O–H groups in total. The lowest BCUT2D eigenvalue weighted by Gasteiger charge is -2.40. The van der Waals surface area contributed by atoms with E-state index in [0.717, 1.165) is 30.2 Å². The summed E-state index contributed by atoms with van der Waals surface area (Å²) in [5.41, 5.74) is 1.42. The fraction of sp³-hybridized carbons (Fsp3) is 0.389. The van der Waals surface area contributed by atoms with Crippen LogP contribution in [0.4, 0.5) is 5.82 Å². The van der Waals surface area contributed by atoms with Crippen LogP contribution in [0.25, 0.3) is 0 Å². The first kappa shape index (κ1) is 15.5. The van der Waals surface area contributed by atoms with Gasteiger partial charge in [-0.1, -0.05) is 30.3 Å². The van der Waals surface area contributed by atoms with Crippen molar-refractivity contribution in [3.8, 4) is 0 Å². The Labute approximate surface area is 136 Å². The quantitative estimate of drug-likeness (QED) is 0.815. The van der Waals surface area contributed by atoms with Crippen molar-refractivity contribution in [1.29, 1.82) is 0 Å². The number of aromatic nitrogens is 2. The van der Waals surface area contributed by atoms with Crippen molar-refractivity contribution < 1.29 is 9.53 Å². The maximum atomic E-state index is 12.5. The van der Waals surface area contributed by atoms with Gasteiger partial charge in [0.15, 0.2) is 0 Å². The molecule has 2 aromatic rings. The van der Waals surface area contributed by atoms with Crippen molar-refractivity contribution in [2.45, 2.75) is 25.2 Å². The van der Waals surface area contributed by atoms with Gasteiger partial charge in [-0.2, -0.15) is 0 Å². The molecule has 0 spiro atoms. The molecule has 1 fully saturated rings. The van der Waals surface area contributed by atoms with Gasteiger partial charge in [0.2, 0.25) is 0 Å². The number of esters is 1. The third kappa shape index (κ3) is 2.91. The Morgan fingerprint density at radius 3 is 2.48 bits per heavy atom. The van der Waals surface area contributed by atoms with Crippen molar-refractivity contribution >= 4 is 11.8 Å². The van der Waals surface area contributed by atoms with E-state index >= 15 is 0 Å². The molecule has 5 heteroatoms. The Kier molecular flexibility index (Phi) is 4.28. The largest absolute Gasteiger partial charge is 0.468 e. The van der Waals surface area contributed by atoms with Crippen LogP contribution in [0.3, 0.4) is 0 Å². The number of piperidine rings is 1. The van der Waals surface area contributed by atoms with E-state index in [1.54, 1.807) is 6.33 Å². The van der Waals surface area contributed by atoms with Gasteiger partial charge in [-0.05, 0) is 25.3 Å². The second-order valence-electron chi connectivity index (χ2n) is 5.94. The van der Waals surface area contributed by atoms with Gasteiger partial charge >= 0.3 is 5.97 Å². The number of hydrogen-bond donors (Lipinski definition) is 0. The fourth-order valence-electron chi connectivity index (χ4n) is 3.29. The minimum atomic E-state index is -0.561. The molecule has 0 atom stereocenters. The number of rotatable bonds is 3. The highest BCUT2D eigenvalue weighted by molar-refractivity contribution is 5.83. The molecule has 0 saturated carbocycles. The average molecular weight is 311 g/mol. The molecule has 2 heterocycles. The number of methoxy groups -OCH3 is 1. The molecule has 0 radical (unpaired) electrons. The number of carbonyl (C=O) groups excluding carboxylic acids is 1. The van der Waals surface area contributed by atoms with Crippen molar-refractivity contribution in [1.82, 2.24) is 9.97 Å². The van der Waals surface area contributed by atoms with E-state index in [-0.39, 0.29) is 5.97 Å². The predicted molar refractivity (Wildman–Crippen MR) is 88.4 cm³/mol. The SMILES string of the molecule is COC(=O)C1(c2ccccc2)CCN(c2cc(C)ncn2)CC1. The molecule has 5 nitrogen and oxygen atoms in total. The number of carbonyl (C=O) groups is 1. The molecule has 0 amide bonds. The third-order valence-electron chi connectivity index (χ3n) is 4.63. The van der Waals surface area contributed by atoms with Crippen LogP contribution in [-0.2, 0) is 14.9 Å². The van der Waals surface area contributed by atoms with Crippen LogP contribution in [0.2, 0.25) is 0 Å². The normalized spacial score (nSPS) is 16.9. The van der Waals surface area contributed by atoms with Gasteiger partial charge in [0.05, 0.1) is 12.5 Å². The number of aryl methyl sites for hydroxylation is 1. The zero-order valence-electron chi connectivity index (χ0n) is 13.5. The fourth-order valence-corrected chi connectivity index (χ4v) is 3.29. The van der Waals surface area contributed by atoms with E-state index in [0.29, 0.717) is 12.8 Å². The van der Waals surface area contributed by atoms with E-state index in [1.807, 2.05) is 43.3 Å². The van der Waals surface area contributed by atoms with Crippen molar-refractivity contribution in [3.63, 3.8) is 0 Å². The lowest BCUT2D eigenvalue weighted by molar-refractivity contribution is -0.148. The topological polar surface area (TPSA) is 55.3 Å². The number of ether oxygens (including phenoxy) is 1. The molecular formula is C18H21N3O2. The highest BCUT2D eigenvalue weighted by Gasteiger charge is 2.44. The molecule has 3 rings (SSSR count). The number of benzene rings is 1. The molecule has 1 aliphatic rings. The zero-order chi connectivity index (χ0) is 16.3. The summed E-state index contributed by atoms with van der Waals surface area (Å²) in [5.74, 6) is 0.770. The van der Waals surface area contributed by atoms with Gasteiger partial charge in [-0.25, -0.2) is 9.97 Å². The highest BCUT2D eigenvalue weighted by atomic mass is 16.5. The lowest BCUT2D eigenvalue weighted by Crippen LogP contribution is -2.48. The summed E-state index contributed by atoms with van der Waals surface area (Å²) in [5, 5.41) is 0. The van der Waals surface area contributed by atoms with E-state index in [1.165, 1.54) is 7.11 Å². The number of nitrogens with zero attached hydrogens (tertiary/aromatic N) is 3. The minimum Gasteiger partial charge on any atom is -0.468 e. The van der Waals surface area contributed by atoms with E-state index in [9.17, 15) is 4.79 Å². The standard InChI is InChI=1S/C18H21N3O2/c1-14-12-16(20-13-19-14)21-10-8-18(9-11-21,17(22)23-2)15-6-4-3-5-7-15/h3-7,12-13H,8-11H2,1-2H3. The van der Waals surface area contributed by atoms with Crippen molar-refractivity contribution in [2.75, 3.05) is 25.1 Å². The summed E-state index contributed by atoms with van der Waals surface area (Å²) in [6, 6.07) is 11.9. The number of anilines is 1. The lowest BCUT2D eigenvalue weighted by atomic mass is 9.72. The molecule has 0 aliphatic carbocycles. The highest BCUT2D eigenvalue weighted by Crippen LogP contribution is 2.37. The van der Waals surface area contributed by atoms with Crippen LogP contribution in [0.5, 0.6) is 0 Å². The van der Waals surface area contributed by atoms with Crippen LogP contribution in [-0.4, -0.2) is 36.1 Å². The average Bonchev–Trinajstić information content (AvgIpc) is 2.62. The van der Waals surface area contributed by atoms with Gasteiger partial charge in [0, 0.05) is 24.8 Å². The van der Waals surface area contributed by atoms with Gasteiger partial charge in [0.25, 0.3) is 0 Å². The zero-order valence-corrected chi connectivity index (χ0v) is 13.5. The third-order valence-corrected chi connectivity index (χ3v) is 4.63. The monoisotopic (exact) mass is 311 g/mol. The second-order valence-corrected chi connectivity index (χ2v) is 5.94. The molecule has 23 heavy (non-hydrogen) atoms. The Balaban J connectivity index is 1.85. The van der Waals surface area contributed by atoms with Crippen LogP contribution in [0.15, 0.2) is 42.7 Å². The Hall–Kier alpha value is -2.43. The second kappa shape index (κ2) is 6.36. The van der Waals surface area contributed by atoms with Crippen LogP contribution in [0.1, 0.15) is 24.1 Å². The molecule has 1 aliphatic heterocycles. The number of hydrogen-bond acceptors (Lipinski definition) is 5. The predicted octanol–water partition coefficient (Wildman–Crippen LogP) is 2.50. The van der Waals surface area contributed by atoms with E-state index in [2.05, 4.69) is 14.9 Å². The maximum Gasteiger partial charge on any atom is 0.316 e. The Morgan fingerprint density at radius 2 is 1.87 bits per heavy atom. The Morgan fingerprint density at radius 1 is 1.17 bits per heavy atom. The summed E-state index contributed by atoms with van der Waals surface area (Å²) in [6.45, 7) is 3.48. The van der Waals surface area contributed by atoms with Crippen LogP contribution < -0.4 is 4.90 Å². The molecular weight excluding hydrogens is 290 g/mol. The summed E-state index contributed by atoms with van der Waals surface area (Å²) in [6.07, 6.45) is 3.02. The maximum absolute atomic E-state index is 12.5. The van der Waals surface area contributed by atoms with Crippen LogP contribution >= 0.6 is 0 Å². The molecule has 1 aromatic carbocycles. The Bertz CT molecular complexity index is 680. The first-order chi connectivity index (χ1) is 11.2. The molecule has 1 aromatic heterocycles. The summed E-state index contributed by atoms with van der Waals surface area (Å²) < 4.78 is 5.12. The van der Waals surface area contributed by atoms with E-state index in [4.69, 9.17) is 4.74 Å². The smallest absolute Gasteiger partial charge is 0.316 e. The van der Waals surface area contributed by atoms with E-state index < -0.39 is 5.41 Å².